The smallest absolute Gasteiger partial charge is 0.427 e. The Hall–Kier alpha value is -4.88. The van der Waals surface area contributed by atoms with Gasteiger partial charge in [-0.25, -0.2) is 22.6 Å². The number of rotatable bonds is 9. The molecule has 20 heteroatoms. The number of pyridine rings is 1. The number of nitrogens with one attached hydrogen (secondary N) is 3. The summed E-state index contributed by atoms with van der Waals surface area (Å²) in [4.78, 5) is 61.5. The molecule has 4 amide bonds. The molecule has 0 unspecified atom stereocenters. The van der Waals surface area contributed by atoms with E-state index in [4.69, 9.17) is 18.9 Å². The molecule has 4 aliphatic rings. The lowest BCUT2D eigenvalue weighted by molar-refractivity contribution is -0.244. The van der Waals surface area contributed by atoms with Crippen LogP contribution in [-0.4, -0.2) is 104 Å². The van der Waals surface area contributed by atoms with E-state index in [-0.39, 0.29) is 48.1 Å². The summed E-state index contributed by atoms with van der Waals surface area (Å²) in [5.41, 5.74) is -4.61. The van der Waals surface area contributed by atoms with Gasteiger partial charge in [-0.05, 0) is 69.9 Å². The minimum Gasteiger partial charge on any atom is -0.494 e. The summed E-state index contributed by atoms with van der Waals surface area (Å²) >= 11 is 0. The van der Waals surface area contributed by atoms with E-state index >= 15 is 4.39 Å². The number of nitrogens with zero attached hydrogens (tertiary/aromatic N) is 2. The molecule has 1 saturated heterocycles. The second-order valence-corrected chi connectivity index (χ2v) is 18.3. The molecule has 324 valence electrons. The van der Waals surface area contributed by atoms with E-state index in [0.29, 0.717) is 51.3 Å². The van der Waals surface area contributed by atoms with Crippen molar-refractivity contribution in [2.75, 3.05) is 20.8 Å². The molecule has 0 bridgehead atoms. The van der Waals surface area contributed by atoms with Crippen LogP contribution in [0.2, 0.25) is 0 Å². The summed E-state index contributed by atoms with van der Waals surface area (Å²) < 4.78 is 106. The molecule has 1 aromatic heterocycles. The molecule has 6 rings (SSSR count). The van der Waals surface area contributed by atoms with Gasteiger partial charge in [0, 0.05) is 17.7 Å². The van der Waals surface area contributed by atoms with Gasteiger partial charge >= 0.3 is 12.3 Å². The maximum Gasteiger partial charge on any atom is 0.427 e. The number of allylic oxidation sites excluding steroid dienone is 1. The van der Waals surface area contributed by atoms with Crippen LogP contribution in [0.1, 0.15) is 72.6 Å². The highest BCUT2D eigenvalue weighted by atomic mass is 32.2. The van der Waals surface area contributed by atoms with E-state index in [1.54, 1.807) is 13.0 Å². The zero-order valence-corrected chi connectivity index (χ0v) is 34.3. The summed E-state index contributed by atoms with van der Waals surface area (Å²) in [6, 6.07) is -0.389. The number of alkyl halides is 3. The van der Waals surface area contributed by atoms with Crippen molar-refractivity contribution in [1.29, 1.82) is 0 Å². The van der Waals surface area contributed by atoms with Gasteiger partial charge in [-0.1, -0.05) is 32.4 Å². The van der Waals surface area contributed by atoms with Crippen LogP contribution in [0, 0.1) is 23.6 Å². The van der Waals surface area contributed by atoms with Crippen LogP contribution in [0.15, 0.2) is 30.5 Å². The maximum absolute atomic E-state index is 15.0. The lowest BCUT2D eigenvalue weighted by Gasteiger charge is -2.33. The number of benzene rings is 1. The van der Waals surface area contributed by atoms with Crippen molar-refractivity contribution in [2.45, 2.75) is 113 Å². The van der Waals surface area contributed by atoms with Crippen molar-refractivity contribution in [3.63, 3.8) is 0 Å². The maximum atomic E-state index is 15.0. The van der Waals surface area contributed by atoms with E-state index in [1.165, 1.54) is 26.5 Å². The molecular weight excluding hydrogens is 807 g/mol. The van der Waals surface area contributed by atoms with Crippen LogP contribution in [0.5, 0.6) is 17.4 Å². The molecule has 2 aliphatic carbocycles. The highest BCUT2D eigenvalue weighted by molar-refractivity contribution is 7.91. The number of ether oxygens (including phenoxy) is 4. The first kappa shape index (κ1) is 43.7. The summed E-state index contributed by atoms with van der Waals surface area (Å²) in [5.74, 6) is -4.62. The summed E-state index contributed by atoms with van der Waals surface area (Å²) in [7, 11) is -1.34. The average Bonchev–Trinajstić information content (AvgIpc) is 4.08. The van der Waals surface area contributed by atoms with Gasteiger partial charge in [0.15, 0.2) is 11.6 Å². The SMILES string of the molecule is COc1cc2c(OC)cnc(O[C@@H]3C[C@H]4C(=O)N[C@]5(C(=O)NS(=O)(=O)C6CC6)C[C@H]5/C=C\[C@H](C)CCC[C@@H](C)[C@H](NC(=O)OC(C)(C)C(F)(F)F)C(=O)N4C3)c2cc1F. The number of fused-ring (bicyclic) bond motifs is 3. The van der Waals surface area contributed by atoms with Crippen LogP contribution in [-0.2, 0) is 29.1 Å². The summed E-state index contributed by atoms with van der Waals surface area (Å²) in [5, 5.41) is 4.88. The molecule has 2 aliphatic heterocycles. The Morgan fingerprint density at radius 3 is 2.34 bits per heavy atom. The topological polar surface area (TPSA) is 192 Å². The predicted octanol–water partition coefficient (Wildman–Crippen LogP) is 4.67. The molecule has 15 nitrogen and oxygen atoms in total. The fourth-order valence-electron chi connectivity index (χ4n) is 7.52. The minimum atomic E-state index is -4.94. The monoisotopic (exact) mass is 855 g/mol. The average molecular weight is 856 g/mol. The third-order valence-electron chi connectivity index (χ3n) is 11.5. The Morgan fingerprint density at radius 1 is 1.00 bits per heavy atom. The zero-order valence-electron chi connectivity index (χ0n) is 33.5. The molecule has 3 N–H and O–H groups in total. The van der Waals surface area contributed by atoms with E-state index in [0.717, 1.165) is 11.0 Å². The lowest BCUT2D eigenvalue weighted by atomic mass is 9.92. The Balaban J connectivity index is 1.37. The van der Waals surface area contributed by atoms with Crippen molar-refractivity contribution < 1.29 is 64.1 Å². The Morgan fingerprint density at radius 2 is 1.69 bits per heavy atom. The quantitative estimate of drug-likeness (QED) is 0.235. The van der Waals surface area contributed by atoms with Gasteiger partial charge < -0.3 is 34.5 Å². The van der Waals surface area contributed by atoms with Crippen molar-refractivity contribution in [2.24, 2.45) is 17.8 Å². The van der Waals surface area contributed by atoms with Gasteiger partial charge in [0.25, 0.3) is 5.91 Å². The largest absolute Gasteiger partial charge is 0.494 e. The van der Waals surface area contributed by atoms with Gasteiger partial charge in [0.05, 0.1) is 37.6 Å². The highest BCUT2D eigenvalue weighted by Gasteiger charge is 2.62. The Kier molecular flexibility index (Phi) is 12.1. The second-order valence-electron chi connectivity index (χ2n) is 16.4. The Labute approximate surface area is 339 Å². The number of hydrogen-bond acceptors (Lipinski definition) is 11. The number of methoxy groups -OCH3 is 2. The van der Waals surface area contributed by atoms with Crippen LogP contribution in [0.25, 0.3) is 10.8 Å². The van der Waals surface area contributed by atoms with Crippen molar-refractivity contribution in [3.8, 4) is 17.4 Å². The van der Waals surface area contributed by atoms with Crippen molar-refractivity contribution in [1.82, 2.24) is 25.2 Å². The van der Waals surface area contributed by atoms with Gasteiger partial charge in [0.2, 0.25) is 33.3 Å². The van der Waals surface area contributed by atoms with E-state index in [1.807, 2.05) is 13.0 Å². The van der Waals surface area contributed by atoms with Gasteiger partial charge in [0.1, 0.15) is 29.5 Å². The fraction of sp³-hybridized carbons (Fsp3) is 0.615. The first-order valence-electron chi connectivity index (χ1n) is 19.4. The first-order chi connectivity index (χ1) is 27.6. The van der Waals surface area contributed by atoms with Gasteiger partial charge in [-0.2, -0.15) is 13.2 Å². The third-order valence-corrected chi connectivity index (χ3v) is 13.3. The van der Waals surface area contributed by atoms with E-state index < -0.39 is 92.2 Å². The number of aromatic nitrogens is 1. The number of alkyl carbamates (subject to hydrolysis) is 1. The van der Waals surface area contributed by atoms with Gasteiger partial charge in [-0.3, -0.25) is 19.1 Å². The second kappa shape index (κ2) is 16.3. The van der Waals surface area contributed by atoms with Crippen LogP contribution in [0.3, 0.4) is 0 Å². The van der Waals surface area contributed by atoms with Crippen molar-refractivity contribution >= 4 is 44.6 Å². The molecule has 3 heterocycles. The fourth-order valence-corrected chi connectivity index (χ4v) is 8.89. The van der Waals surface area contributed by atoms with Crippen LogP contribution in [0.4, 0.5) is 22.4 Å². The number of amides is 4. The van der Waals surface area contributed by atoms with Crippen LogP contribution >= 0.6 is 0 Å². The first-order valence-corrected chi connectivity index (χ1v) is 21.0. The standard InChI is InChI=1S/C39H49F4N5O10S/c1-20-8-7-9-21(2)31(45-36(52)58-37(3,4)39(41,42)43)34(50)48-19-23(57-33-26-15-27(40)29(55-5)16-25(26)30(56-6)18-44-33)14-28(48)32(49)46-38(17-22(38)11-10-20)35(51)47-59(53,54)24-12-13-24/h10-11,15-16,18,20-24,28,31H,7-9,12-14,17,19H2,1-6H3,(H,45,52)(H,46,49)(H,47,51)/b11-10-/t20-,21-,22-,23-,28+,31+,38-/m1/s1. The summed E-state index contributed by atoms with van der Waals surface area (Å²) in [6.07, 6.45) is -0.496. The van der Waals surface area contributed by atoms with E-state index in [9.17, 15) is 40.8 Å². The number of sulfonamides is 1. The molecule has 1 aromatic carbocycles. The molecule has 3 fully saturated rings. The molecule has 0 radical (unpaired) electrons. The number of halogens is 4. The Bertz CT molecular complexity index is 2130. The van der Waals surface area contributed by atoms with Gasteiger partial charge in [-0.15, -0.1) is 0 Å². The molecule has 0 spiro atoms. The minimum absolute atomic E-state index is 0.0579. The van der Waals surface area contributed by atoms with Crippen molar-refractivity contribution in [3.05, 3.63) is 36.3 Å². The number of carbonyl (C=O) groups is 4. The third kappa shape index (κ3) is 9.16. The number of carbonyl (C=O) groups excluding carboxylic acids is 4. The zero-order chi connectivity index (χ0) is 43.2. The normalized spacial score (nSPS) is 28.5. The molecule has 2 saturated carbocycles. The summed E-state index contributed by atoms with van der Waals surface area (Å²) in [6.45, 7) is 4.56. The molecular formula is C39H49F4N5O10S. The van der Waals surface area contributed by atoms with Crippen LogP contribution < -0.4 is 29.6 Å². The molecule has 2 aromatic rings. The lowest BCUT2D eigenvalue weighted by Crippen LogP contribution is -2.59. The molecule has 7 atom stereocenters. The highest BCUT2D eigenvalue weighted by Crippen LogP contribution is 2.46. The van der Waals surface area contributed by atoms with E-state index in [2.05, 4.69) is 20.3 Å². The molecule has 59 heavy (non-hydrogen) atoms. The predicted molar refractivity (Wildman–Crippen MR) is 203 cm³/mol. The number of hydrogen-bond donors (Lipinski definition) is 3.